The van der Waals surface area contributed by atoms with Crippen LogP contribution in [0.3, 0.4) is 0 Å². The Morgan fingerprint density at radius 3 is 2.44 bits per heavy atom. The molecule has 0 fully saturated rings. The molecule has 0 radical (unpaired) electrons. The van der Waals surface area contributed by atoms with E-state index in [0.717, 1.165) is 0 Å². The maximum absolute atomic E-state index is 11.7. The fourth-order valence-corrected chi connectivity index (χ4v) is 1.26. The Morgan fingerprint density at radius 1 is 1.39 bits per heavy atom. The molecule has 0 unspecified atom stereocenters. The van der Waals surface area contributed by atoms with Gasteiger partial charge >= 0.3 is 0 Å². The van der Waals surface area contributed by atoms with Crippen LogP contribution in [0.15, 0.2) is 18.2 Å². The molecule has 0 saturated heterocycles. The highest BCUT2D eigenvalue weighted by atomic mass is 16.7. The third-order valence-corrected chi connectivity index (χ3v) is 2.11. The first-order valence-electron chi connectivity index (χ1n) is 5.44. The number of benzene rings is 1. The van der Waals surface area contributed by atoms with Crippen LogP contribution >= 0.6 is 0 Å². The van der Waals surface area contributed by atoms with Gasteiger partial charge in [0, 0.05) is 17.2 Å². The molecular weight excluding hydrogens is 236 g/mol. The predicted molar refractivity (Wildman–Crippen MR) is 66.1 cm³/mol. The van der Waals surface area contributed by atoms with Crippen molar-refractivity contribution in [3.05, 3.63) is 39.4 Å². The molecule has 18 heavy (non-hydrogen) atoms. The lowest BCUT2D eigenvalue weighted by Gasteiger charge is -2.18. The van der Waals surface area contributed by atoms with E-state index in [0.29, 0.717) is 11.1 Å². The Balaban J connectivity index is 2.82. The molecule has 98 valence electrons. The number of hydroxylamine groups is 1. The maximum atomic E-state index is 11.7. The summed E-state index contributed by atoms with van der Waals surface area (Å²) in [5.74, 6) is -0.428. The third kappa shape index (κ3) is 3.81. The highest BCUT2D eigenvalue weighted by Crippen LogP contribution is 2.18. The number of nitrogens with one attached hydrogen (secondary N) is 1. The Kier molecular flexibility index (Phi) is 4.03. The molecule has 0 aliphatic heterocycles. The molecule has 0 spiro atoms. The summed E-state index contributed by atoms with van der Waals surface area (Å²) in [4.78, 5) is 27.0. The van der Waals surface area contributed by atoms with Gasteiger partial charge in [-0.05, 0) is 39.8 Å². The molecule has 6 heteroatoms. The summed E-state index contributed by atoms with van der Waals surface area (Å²) in [6, 6.07) is 4.16. The summed E-state index contributed by atoms with van der Waals surface area (Å²) < 4.78 is 0. The van der Waals surface area contributed by atoms with Crippen LogP contribution in [0.4, 0.5) is 5.69 Å². The first-order valence-corrected chi connectivity index (χ1v) is 5.44. The standard InChI is InChI=1S/C12H16N2O4/c1-8-7-9(5-6-10(8)14(16)17)11(15)13-18-12(2,3)4/h5-7H,1-4H3,(H,13,15). The van der Waals surface area contributed by atoms with Gasteiger partial charge in [0.1, 0.15) is 0 Å². The van der Waals surface area contributed by atoms with E-state index in [1.165, 1.54) is 18.2 Å². The topological polar surface area (TPSA) is 81.5 Å². The molecule has 6 nitrogen and oxygen atoms in total. The van der Waals surface area contributed by atoms with Crippen molar-refractivity contribution in [2.75, 3.05) is 0 Å². The van der Waals surface area contributed by atoms with Crippen LogP contribution < -0.4 is 5.48 Å². The van der Waals surface area contributed by atoms with E-state index in [9.17, 15) is 14.9 Å². The molecule has 1 aromatic carbocycles. The lowest BCUT2D eigenvalue weighted by molar-refractivity contribution is -0.385. The van der Waals surface area contributed by atoms with Crippen LogP contribution in [0.25, 0.3) is 0 Å². The van der Waals surface area contributed by atoms with Crippen molar-refractivity contribution >= 4 is 11.6 Å². The fraction of sp³-hybridized carbons (Fsp3) is 0.417. The summed E-state index contributed by atoms with van der Waals surface area (Å²) in [5.41, 5.74) is 2.56. The SMILES string of the molecule is Cc1cc(C(=O)NOC(C)(C)C)ccc1[N+](=O)[O-]. The van der Waals surface area contributed by atoms with Crippen LogP contribution in [0, 0.1) is 17.0 Å². The van der Waals surface area contributed by atoms with Crippen LogP contribution in [0.5, 0.6) is 0 Å². The molecule has 0 aromatic heterocycles. The Morgan fingerprint density at radius 2 is 2.00 bits per heavy atom. The van der Waals surface area contributed by atoms with Gasteiger partial charge < -0.3 is 0 Å². The Bertz CT molecular complexity index is 477. The summed E-state index contributed by atoms with van der Waals surface area (Å²) >= 11 is 0. The van der Waals surface area contributed by atoms with Gasteiger partial charge in [-0.1, -0.05) is 0 Å². The average Bonchev–Trinajstić information content (AvgIpc) is 2.24. The van der Waals surface area contributed by atoms with Crippen LogP contribution in [-0.4, -0.2) is 16.4 Å². The molecule has 0 aliphatic rings. The number of hydrogen-bond acceptors (Lipinski definition) is 4. The summed E-state index contributed by atoms with van der Waals surface area (Å²) in [6.07, 6.45) is 0. The van der Waals surface area contributed by atoms with Crippen molar-refractivity contribution in [2.24, 2.45) is 0 Å². The van der Waals surface area contributed by atoms with Crippen LogP contribution in [0.1, 0.15) is 36.7 Å². The van der Waals surface area contributed by atoms with Crippen molar-refractivity contribution in [3.8, 4) is 0 Å². The molecule has 1 rings (SSSR count). The molecular formula is C12H16N2O4. The van der Waals surface area contributed by atoms with E-state index in [2.05, 4.69) is 5.48 Å². The van der Waals surface area contributed by atoms with Crippen molar-refractivity contribution in [2.45, 2.75) is 33.3 Å². The predicted octanol–water partition coefficient (Wildman–Crippen LogP) is 2.36. The van der Waals surface area contributed by atoms with Gasteiger partial charge in [0.25, 0.3) is 11.6 Å². The largest absolute Gasteiger partial charge is 0.274 e. The first-order chi connectivity index (χ1) is 8.20. The second-order valence-electron chi connectivity index (χ2n) is 4.90. The minimum Gasteiger partial charge on any atom is -0.268 e. The van der Waals surface area contributed by atoms with E-state index < -0.39 is 16.4 Å². The number of aryl methyl sites for hydroxylation is 1. The van der Waals surface area contributed by atoms with Gasteiger partial charge in [0.05, 0.1) is 10.5 Å². The second-order valence-corrected chi connectivity index (χ2v) is 4.90. The minimum absolute atomic E-state index is 0.0108. The number of amides is 1. The Labute approximate surface area is 105 Å². The van der Waals surface area contributed by atoms with Crippen molar-refractivity contribution in [1.29, 1.82) is 0 Å². The van der Waals surface area contributed by atoms with E-state index in [4.69, 9.17) is 4.84 Å². The van der Waals surface area contributed by atoms with Gasteiger partial charge in [0.15, 0.2) is 0 Å². The van der Waals surface area contributed by atoms with Gasteiger partial charge in [-0.25, -0.2) is 5.48 Å². The molecule has 1 aromatic rings. The number of nitro benzene ring substituents is 1. The van der Waals surface area contributed by atoms with Crippen molar-refractivity contribution in [1.82, 2.24) is 5.48 Å². The lowest BCUT2D eigenvalue weighted by Crippen LogP contribution is -2.33. The number of carbonyl (C=O) groups is 1. The number of nitrogens with zero attached hydrogens (tertiary/aromatic N) is 1. The molecule has 0 bridgehead atoms. The molecule has 0 aliphatic carbocycles. The second kappa shape index (κ2) is 5.14. The molecule has 0 saturated carbocycles. The zero-order valence-corrected chi connectivity index (χ0v) is 10.8. The molecule has 1 N–H and O–H groups in total. The van der Waals surface area contributed by atoms with Gasteiger partial charge in [-0.2, -0.15) is 0 Å². The number of nitro groups is 1. The van der Waals surface area contributed by atoms with Crippen LogP contribution in [0.2, 0.25) is 0 Å². The fourth-order valence-electron chi connectivity index (χ4n) is 1.26. The maximum Gasteiger partial charge on any atom is 0.274 e. The van der Waals surface area contributed by atoms with E-state index in [1.807, 2.05) is 0 Å². The monoisotopic (exact) mass is 252 g/mol. The number of hydrogen-bond donors (Lipinski definition) is 1. The summed E-state index contributed by atoms with van der Waals surface area (Å²) in [5, 5.41) is 10.6. The first kappa shape index (κ1) is 14.1. The number of rotatable bonds is 3. The van der Waals surface area contributed by atoms with E-state index >= 15 is 0 Å². The smallest absolute Gasteiger partial charge is 0.268 e. The van der Waals surface area contributed by atoms with Crippen LogP contribution in [-0.2, 0) is 4.84 Å². The summed E-state index contributed by atoms with van der Waals surface area (Å²) in [7, 11) is 0. The van der Waals surface area contributed by atoms with Gasteiger partial charge in [0.2, 0.25) is 0 Å². The molecule has 0 heterocycles. The zero-order chi connectivity index (χ0) is 13.9. The summed E-state index contributed by atoms with van der Waals surface area (Å²) in [6.45, 7) is 6.98. The van der Waals surface area contributed by atoms with Crippen molar-refractivity contribution < 1.29 is 14.6 Å². The highest BCUT2D eigenvalue weighted by molar-refractivity contribution is 5.94. The van der Waals surface area contributed by atoms with Gasteiger partial charge in [-0.3, -0.25) is 19.7 Å². The molecule has 0 atom stereocenters. The normalized spacial score (nSPS) is 11.1. The third-order valence-electron chi connectivity index (χ3n) is 2.11. The zero-order valence-electron chi connectivity index (χ0n) is 10.8. The highest BCUT2D eigenvalue weighted by Gasteiger charge is 2.16. The van der Waals surface area contributed by atoms with E-state index in [1.54, 1.807) is 27.7 Å². The van der Waals surface area contributed by atoms with E-state index in [-0.39, 0.29) is 5.69 Å². The lowest BCUT2D eigenvalue weighted by atomic mass is 10.1. The van der Waals surface area contributed by atoms with Gasteiger partial charge in [-0.15, -0.1) is 0 Å². The average molecular weight is 252 g/mol. The quantitative estimate of drug-likeness (QED) is 0.661. The minimum atomic E-state index is -0.495. The number of carbonyl (C=O) groups excluding carboxylic acids is 1. The molecule has 1 amide bonds. The van der Waals surface area contributed by atoms with Crippen molar-refractivity contribution in [3.63, 3.8) is 0 Å². The Hall–Kier alpha value is -1.95.